The molecule has 0 radical (unpaired) electrons. The van der Waals surface area contributed by atoms with Crippen LogP contribution in [-0.2, 0) is 14.3 Å². The van der Waals surface area contributed by atoms with Crippen molar-refractivity contribution in [2.45, 2.75) is 13.3 Å². The van der Waals surface area contributed by atoms with Crippen LogP contribution in [0.1, 0.15) is 18.9 Å². The third-order valence-corrected chi connectivity index (χ3v) is 4.45. The maximum Gasteiger partial charge on any atom is 0.307 e. The molecule has 0 spiro atoms. The number of esters is 1. The molecule has 1 aliphatic heterocycles. The van der Waals surface area contributed by atoms with E-state index in [1.165, 1.54) is 16.7 Å². The van der Waals surface area contributed by atoms with E-state index in [1.807, 2.05) is 42.5 Å². The highest BCUT2D eigenvalue weighted by Gasteiger charge is 2.31. The molecule has 0 unspecified atom stereocenters. The first-order valence-electron chi connectivity index (χ1n) is 7.24. The van der Waals surface area contributed by atoms with Crippen LogP contribution in [0.25, 0.3) is 6.08 Å². The van der Waals surface area contributed by atoms with Gasteiger partial charge in [-0.25, -0.2) is 0 Å². The maximum atomic E-state index is 12.3. The fraction of sp³-hybridized carbons (Fsp3) is 0.235. The second-order valence-corrected chi connectivity index (χ2v) is 6.36. The minimum Gasteiger partial charge on any atom is -0.466 e. The van der Waals surface area contributed by atoms with E-state index in [-0.39, 0.29) is 24.8 Å². The summed E-state index contributed by atoms with van der Waals surface area (Å²) in [6.45, 7) is 2.34. The minimum absolute atomic E-state index is 0.146. The molecule has 0 atom stereocenters. The van der Waals surface area contributed by atoms with Crippen molar-refractivity contribution in [3.05, 3.63) is 53.0 Å². The van der Waals surface area contributed by atoms with Gasteiger partial charge in [0.05, 0.1) is 17.9 Å². The van der Waals surface area contributed by atoms with Crippen LogP contribution in [0.5, 0.6) is 0 Å². The number of thiocarbonyl (C=S) groups is 1. The van der Waals surface area contributed by atoms with Crippen molar-refractivity contribution in [2.24, 2.45) is 0 Å². The number of ether oxygens (including phenoxy) is 1. The van der Waals surface area contributed by atoms with Crippen LogP contribution in [0.15, 0.2) is 47.4 Å². The predicted molar refractivity (Wildman–Crippen MR) is 96.7 cm³/mol. The summed E-state index contributed by atoms with van der Waals surface area (Å²) in [4.78, 5) is 25.7. The van der Waals surface area contributed by atoms with Gasteiger partial charge in [0.25, 0.3) is 5.91 Å². The highest BCUT2D eigenvalue weighted by molar-refractivity contribution is 8.26. The number of carbonyl (C=O) groups is 2. The van der Waals surface area contributed by atoms with Crippen LogP contribution in [-0.4, -0.2) is 34.2 Å². The zero-order chi connectivity index (χ0) is 16.7. The molecule has 120 valence electrons. The van der Waals surface area contributed by atoms with Crippen LogP contribution in [0, 0.1) is 0 Å². The molecule has 0 aromatic heterocycles. The SMILES string of the molecule is CCOC(=O)CCN1C(=O)/C(=C/C=C/c2ccccc2)SC1=S. The molecule has 6 heteroatoms. The summed E-state index contributed by atoms with van der Waals surface area (Å²) in [5, 5.41) is 0. The van der Waals surface area contributed by atoms with Crippen LogP contribution >= 0.6 is 24.0 Å². The van der Waals surface area contributed by atoms with E-state index in [0.717, 1.165) is 5.56 Å². The molecule has 1 fully saturated rings. The largest absolute Gasteiger partial charge is 0.466 e. The topological polar surface area (TPSA) is 46.6 Å². The zero-order valence-electron chi connectivity index (χ0n) is 12.7. The van der Waals surface area contributed by atoms with Crippen LogP contribution in [0.2, 0.25) is 0 Å². The first kappa shape index (κ1) is 17.4. The zero-order valence-corrected chi connectivity index (χ0v) is 14.4. The van der Waals surface area contributed by atoms with Crippen LogP contribution in [0.4, 0.5) is 0 Å². The third kappa shape index (κ3) is 5.04. The van der Waals surface area contributed by atoms with Crippen molar-refractivity contribution in [1.29, 1.82) is 0 Å². The summed E-state index contributed by atoms with van der Waals surface area (Å²) >= 11 is 6.45. The fourth-order valence-electron chi connectivity index (χ4n) is 1.95. The van der Waals surface area contributed by atoms with Crippen LogP contribution < -0.4 is 0 Å². The van der Waals surface area contributed by atoms with Crippen molar-refractivity contribution in [3.8, 4) is 0 Å². The molecule has 0 N–H and O–H groups in total. The summed E-state index contributed by atoms with van der Waals surface area (Å²) in [5.41, 5.74) is 1.06. The quantitative estimate of drug-likeness (QED) is 0.448. The van der Waals surface area contributed by atoms with Gasteiger partial charge in [-0.2, -0.15) is 0 Å². The Kier molecular flexibility index (Phi) is 6.55. The van der Waals surface area contributed by atoms with E-state index < -0.39 is 0 Å². The summed E-state index contributed by atoms with van der Waals surface area (Å²) in [7, 11) is 0. The molecular weight excluding hydrogens is 330 g/mol. The molecule has 1 amide bonds. The monoisotopic (exact) mass is 347 g/mol. The smallest absolute Gasteiger partial charge is 0.307 e. The molecule has 1 heterocycles. The average Bonchev–Trinajstić information content (AvgIpc) is 2.81. The van der Waals surface area contributed by atoms with Crippen LogP contribution in [0.3, 0.4) is 0 Å². The van der Waals surface area contributed by atoms with Crippen molar-refractivity contribution in [3.63, 3.8) is 0 Å². The van der Waals surface area contributed by atoms with E-state index in [1.54, 1.807) is 13.0 Å². The summed E-state index contributed by atoms with van der Waals surface area (Å²) < 4.78 is 5.33. The lowest BCUT2D eigenvalue weighted by Gasteiger charge is -2.13. The molecular formula is C17H17NO3S2. The molecule has 1 aliphatic rings. The van der Waals surface area contributed by atoms with E-state index in [4.69, 9.17) is 17.0 Å². The van der Waals surface area contributed by atoms with Crippen molar-refractivity contribution >= 4 is 46.3 Å². The van der Waals surface area contributed by atoms with Gasteiger partial charge in [0, 0.05) is 6.54 Å². The Balaban J connectivity index is 1.96. The first-order chi connectivity index (χ1) is 11.1. The fourth-order valence-corrected chi connectivity index (χ4v) is 3.21. The standard InChI is InChI=1S/C17H17NO3S2/c1-2-21-15(19)11-12-18-16(20)14(23-17(18)22)10-6-9-13-7-4-3-5-8-13/h3-10H,2,11-12H2,1H3/b9-6+,14-10-. The third-order valence-electron chi connectivity index (χ3n) is 3.05. The number of benzene rings is 1. The number of hydrogen-bond acceptors (Lipinski definition) is 5. The van der Waals surface area contributed by atoms with Gasteiger partial charge in [0.1, 0.15) is 4.32 Å². The van der Waals surface area contributed by atoms with E-state index in [0.29, 0.717) is 15.8 Å². The van der Waals surface area contributed by atoms with Gasteiger partial charge in [-0.05, 0) is 18.6 Å². The number of allylic oxidation sites excluding steroid dienone is 2. The molecule has 0 saturated carbocycles. The molecule has 0 bridgehead atoms. The van der Waals surface area contributed by atoms with Gasteiger partial charge in [-0.15, -0.1) is 0 Å². The lowest BCUT2D eigenvalue weighted by Crippen LogP contribution is -2.30. The molecule has 0 aliphatic carbocycles. The van der Waals surface area contributed by atoms with Gasteiger partial charge in [0.2, 0.25) is 0 Å². The number of carbonyl (C=O) groups excluding carboxylic acids is 2. The lowest BCUT2D eigenvalue weighted by molar-refractivity contribution is -0.143. The van der Waals surface area contributed by atoms with Gasteiger partial charge >= 0.3 is 5.97 Å². The Morgan fingerprint density at radius 3 is 2.78 bits per heavy atom. The Hall–Kier alpha value is -1.92. The summed E-state index contributed by atoms with van der Waals surface area (Å²) in [6, 6.07) is 9.82. The normalized spacial score (nSPS) is 16.6. The number of amides is 1. The number of rotatable bonds is 6. The Morgan fingerprint density at radius 1 is 1.35 bits per heavy atom. The highest BCUT2D eigenvalue weighted by Crippen LogP contribution is 2.31. The van der Waals surface area contributed by atoms with Crippen molar-refractivity contribution < 1.29 is 14.3 Å². The van der Waals surface area contributed by atoms with Gasteiger partial charge in [-0.3, -0.25) is 14.5 Å². The Labute approximate surface area is 145 Å². The van der Waals surface area contributed by atoms with Crippen molar-refractivity contribution in [1.82, 2.24) is 4.90 Å². The molecule has 4 nitrogen and oxygen atoms in total. The number of nitrogens with zero attached hydrogens (tertiary/aromatic N) is 1. The van der Waals surface area contributed by atoms with E-state index >= 15 is 0 Å². The number of thioether (sulfide) groups is 1. The second-order valence-electron chi connectivity index (χ2n) is 4.68. The number of hydrogen-bond donors (Lipinski definition) is 0. The highest BCUT2D eigenvalue weighted by atomic mass is 32.2. The molecule has 23 heavy (non-hydrogen) atoms. The Bertz CT molecular complexity index is 653. The summed E-state index contributed by atoms with van der Waals surface area (Å²) in [6.07, 6.45) is 5.64. The Morgan fingerprint density at radius 2 is 2.09 bits per heavy atom. The van der Waals surface area contributed by atoms with E-state index in [9.17, 15) is 9.59 Å². The predicted octanol–water partition coefficient (Wildman–Crippen LogP) is 3.40. The summed E-state index contributed by atoms with van der Waals surface area (Å²) in [5.74, 6) is -0.489. The van der Waals surface area contributed by atoms with Crippen molar-refractivity contribution in [2.75, 3.05) is 13.2 Å². The molecule has 2 rings (SSSR count). The first-order valence-corrected chi connectivity index (χ1v) is 8.47. The maximum absolute atomic E-state index is 12.3. The lowest BCUT2D eigenvalue weighted by atomic mass is 10.2. The van der Waals surface area contributed by atoms with Gasteiger partial charge in [-0.1, -0.05) is 66.5 Å². The molecule has 1 saturated heterocycles. The minimum atomic E-state index is -0.325. The average molecular weight is 347 g/mol. The van der Waals surface area contributed by atoms with E-state index in [2.05, 4.69) is 0 Å². The second kappa shape index (κ2) is 8.64. The molecule has 1 aromatic rings. The molecule has 1 aromatic carbocycles. The van der Waals surface area contributed by atoms with Gasteiger partial charge < -0.3 is 4.74 Å². The van der Waals surface area contributed by atoms with Gasteiger partial charge in [0.15, 0.2) is 0 Å².